The third-order valence-electron chi connectivity index (χ3n) is 2.62. The van der Waals surface area contributed by atoms with Gasteiger partial charge in [-0.15, -0.1) is 0 Å². The fourth-order valence-electron chi connectivity index (χ4n) is 1.91. The highest BCUT2D eigenvalue weighted by molar-refractivity contribution is 14.1. The van der Waals surface area contributed by atoms with Crippen molar-refractivity contribution in [3.63, 3.8) is 0 Å². The first kappa shape index (κ1) is 29.9. The normalized spacial score (nSPS) is 10.5. The van der Waals surface area contributed by atoms with Crippen molar-refractivity contribution < 1.29 is 37.8 Å². The van der Waals surface area contributed by atoms with Crippen LogP contribution >= 0.6 is 38.2 Å². The average molecular weight is 526 g/mol. The van der Waals surface area contributed by atoms with E-state index in [1.54, 1.807) is 12.1 Å². The number of aryl methyl sites for hydroxylation is 1. The first-order chi connectivity index (χ1) is 9.96. The summed E-state index contributed by atoms with van der Waals surface area (Å²) < 4.78 is 32.2. The van der Waals surface area contributed by atoms with Gasteiger partial charge in [0.15, 0.2) is 0 Å². The van der Waals surface area contributed by atoms with Gasteiger partial charge in [-0.1, -0.05) is 0 Å². The van der Waals surface area contributed by atoms with Crippen LogP contribution in [0.25, 0.3) is 10.8 Å². The van der Waals surface area contributed by atoms with Crippen LogP contribution in [0, 0.1) is 10.5 Å². The Hall–Kier alpha value is -0.830. The van der Waals surface area contributed by atoms with Crippen molar-refractivity contribution in [2.75, 3.05) is 0 Å². The van der Waals surface area contributed by atoms with Crippen LogP contribution in [0.3, 0.4) is 0 Å². The van der Waals surface area contributed by atoms with Gasteiger partial charge in [0, 0.05) is 14.3 Å². The molecule has 0 radical (unpaired) electrons. The number of phosphoric ester groups is 2. The maximum absolute atomic E-state index is 11.1. The summed E-state index contributed by atoms with van der Waals surface area (Å²) >= 11 is 1.99. The van der Waals surface area contributed by atoms with Gasteiger partial charge in [0.05, 0.1) is 0 Å². The Kier molecular flexibility index (Phi) is 12.1. The highest BCUT2D eigenvalue weighted by atomic mass is 125. The van der Waals surface area contributed by atoms with Crippen LogP contribution in [0.5, 0.6) is 11.5 Å². The topological polar surface area (TPSA) is 274 Å². The summed E-state index contributed by atoms with van der Waals surface area (Å²) in [5.74, 6) is -0.171. The summed E-state index contributed by atoms with van der Waals surface area (Å²) in [6.45, 7) is 1.48. The van der Waals surface area contributed by atoms with Gasteiger partial charge in [-0.2, -0.15) is 0 Å². The maximum Gasteiger partial charge on any atom is 0.524 e. The molecule has 2 rings (SSSR count). The minimum Gasteiger partial charge on any atom is -0.404 e. The van der Waals surface area contributed by atoms with E-state index in [-0.39, 0.29) is 52.4 Å². The zero-order valence-electron chi connectivity index (χ0n) is 13.8. The molecule has 0 bridgehead atoms. The highest BCUT2D eigenvalue weighted by Gasteiger charge is 2.24. The van der Waals surface area contributed by atoms with Crippen LogP contribution in [0.1, 0.15) is 5.56 Å². The molecule has 12 nitrogen and oxygen atoms in total. The Labute approximate surface area is 163 Å². The molecule has 2 aromatic rings. The Bertz CT molecular complexity index is 841. The number of halogens is 1. The van der Waals surface area contributed by atoms with E-state index < -0.39 is 15.6 Å². The van der Waals surface area contributed by atoms with E-state index in [1.807, 2.05) is 22.6 Å². The van der Waals surface area contributed by atoms with Crippen molar-refractivity contribution in [3.8, 4) is 11.5 Å². The van der Waals surface area contributed by atoms with Gasteiger partial charge in [0.1, 0.15) is 11.5 Å². The van der Waals surface area contributed by atoms with Gasteiger partial charge in [-0.05, 0) is 59.3 Å². The van der Waals surface area contributed by atoms with Crippen molar-refractivity contribution in [2.24, 2.45) is 0 Å². The van der Waals surface area contributed by atoms with Crippen molar-refractivity contribution in [1.82, 2.24) is 24.6 Å². The quantitative estimate of drug-likeness (QED) is 0.210. The summed E-state index contributed by atoms with van der Waals surface area (Å²) in [6.07, 6.45) is 0. The van der Waals surface area contributed by atoms with Crippen molar-refractivity contribution in [2.45, 2.75) is 6.92 Å². The predicted octanol–water partition coefficient (Wildman–Crippen LogP) is 3.34. The van der Waals surface area contributed by atoms with E-state index in [9.17, 15) is 9.13 Å². The minimum absolute atomic E-state index is 0. The SMILES string of the molecule is Cc1cc(OP(=O)(O)O)c2cc([125I])ccc2c1OP(=O)(O)O.N.N.N.N. The van der Waals surface area contributed by atoms with E-state index in [4.69, 9.17) is 19.6 Å². The lowest BCUT2D eigenvalue weighted by Gasteiger charge is -2.16. The van der Waals surface area contributed by atoms with Crippen molar-refractivity contribution >= 4 is 49.0 Å². The molecule has 0 spiro atoms. The molecule has 0 amide bonds. The zero-order valence-corrected chi connectivity index (χ0v) is 17.8. The fourth-order valence-corrected chi connectivity index (χ4v) is 3.29. The fraction of sp³-hybridized carbons (Fsp3) is 0.0909. The molecule has 0 heterocycles. The second kappa shape index (κ2) is 10.5. The van der Waals surface area contributed by atoms with Crippen LogP contribution in [0.4, 0.5) is 0 Å². The Morgan fingerprint density at radius 3 is 1.81 bits per heavy atom. The number of benzene rings is 2. The predicted molar refractivity (Wildman–Crippen MR) is 107 cm³/mol. The second-order valence-electron chi connectivity index (χ2n) is 4.37. The van der Waals surface area contributed by atoms with E-state index in [0.29, 0.717) is 0 Å². The molecule has 152 valence electrons. The molecule has 15 heteroatoms. The second-order valence-corrected chi connectivity index (χ2v) is 7.95. The standard InChI is InChI=1S/C11H11IO8P2.4H3N/c1-6-4-10(19-21(13,14)15)9-5-7(12)2-3-8(9)11(6)20-22(16,17)18;;;;/h2-5H,1H3,(H2,13,14,15)(H2,16,17,18);4*1H3/i12-2;;;;. The summed E-state index contributed by atoms with van der Waals surface area (Å²) in [6, 6.07) is 6.01. The minimum atomic E-state index is -4.78. The van der Waals surface area contributed by atoms with Crippen LogP contribution < -0.4 is 33.6 Å². The van der Waals surface area contributed by atoms with Crippen molar-refractivity contribution in [1.29, 1.82) is 0 Å². The number of rotatable bonds is 4. The molecule has 0 aliphatic carbocycles. The lowest BCUT2D eigenvalue weighted by molar-refractivity contribution is 0.279. The molecular formula is C11H23IN4O8P2. The molecule has 0 saturated heterocycles. The maximum atomic E-state index is 11.1. The van der Waals surface area contributed by atoms with Gasteiger partial charge >= 0.3 is 15.6 Å². The molecule has 0 aromatic heterocycles. The smallest absolute Gasteiger partial charge is 0.404 e. The van der Waals surface area contributed by atoms with Crippen LogP contribution in [0.15, 0.2) is 24.3 Å². The van der Waals surface area contributed by atoms with Crippen LogP contribution in [-0.2, 0) is 9.13 Å². The third kappa shape index (κ3) is 7.82. The largest absolute Gasteiger partial charge is 0.524 e. The highest BCUT2D eigenvalue weighted by Crippen LogP contribution is 2.48. The Morgan fingerprint density at radius 2 is 1.35 bits per heavy atom. The van der Waals surface area contributed by atoms with Gasteiger partial charge in [-0.25, -0.2) is 9.13 Å². The molecule has 0 unspecified atom stereocenters. The summed E-state index contributed by atoms with van der Waals surface area (Å²) in [7, 11) is -9.56. The Balaban J connectivity index is -0.00000132. The molecule has 26 heavy (non-hydrogen) atoms. The van der Waals surface area contributed by atoms with Gasteiger partial charge < -0.3 is 33.6 Å². The monoisotopic (exact) mass is 526 g/mol. The molecule has 0 fully saturated rings. The van der Waals surface area contributed by atoms with E-state index >= 15 is 0 Å². The van der Waals surface area contributed by atoms with E-state index in [1.165, 1.54) is 19.1 Å². The van der Waals surface area contributed by atoms with Gasteiger partial charge in [0.2, 0.25) is 0 Å². The lowest BCUT2D eigenvalue weighted by Crippen LogP contribution is -1.97. The van der Waals surface area contributed by atoms with E-state index in [0.717, 1.165) is 3.57 Å². The molecule has 16 N–H and O–H groups in total. The van der Waals surface area contributed by atoms with Crippen molar-refractivity contribution in [3.05, 3.63) is 33.4 Å². The molecule has 2 aromatic carbocycles. The molecule has 0 aliphatic heterocycles. The van der Waals surface area contributed by atoms with Gasteiger partial charge in [-0.3, -0.25) is 19.6 Å². The summed E-state index contributed by atoms with van der Waals surface area (Å²) in [4.78, 5) is 35.9. The van der Waals surface area contributed by atoms with E-state index in [2.05, 4.69) is 9.05 Å². The first-order valence-corrected chi connectivity index (χ1v) is 9.83. The number of hydrogen-bond acceptors (Lipinski definition) is 8. The molecule has 0 aliphatic rings. The Morgan fingerprint density at radius 1 is 0.846 bits per heavy atom. The third-order valence-corrected chi connectivity index (χ3v) is 4.15. The first-order valence-electron chi connectivity index (χ1n) is 5.69. The molecule has 0 saturated carbocycles. The summed E-state index contributed by atoms with van der Waals surface area (Å²) in [5.41, 5.74) is 0.264. The summed E-state index contributed by atoms with van der Waals surface area (Å²) in [5, 5.41) is 0.538. The van der Waals surface area contributed by atoms with Crippen LogP contribution in [0.2, 0.25) is 0 Å². The molecule has 0 atom stereocenters. The molecular weight excluding hydrogens is 503 g/mol. The lowest BCUT2D eigenvalue weighted by atomic mass is 10.1. The average Bonchev–Trinajstić information content (AvgIpc) is 2.31. The number of fused-ring (bicyclic) bond motifs is 1. The zero-order chi connectivity index (χ0) is 16.7. The number of phosphoric acid groups is 2. The van der Waals surface area contributed by atoms with Crippen LogP contribution in [-0.4, -0.2) is 19.6 Å². The number of hydrogen-bond donors (Lipinski definition) is 8. The van der Waals surface area contributed by atoms with Gasteiger partial charge in [0.25, 0.3) is 0 Å².